The third kappa shape index (κ3) is 6.09. The van der Waals surface area contributed by atoms with Gasteiger partial charge in [0.1, 0.15) is 18.1 Å². The number of benzene rings is 1. The number of likely N-dealkylation sites (tertiary alicyclic amines) is 1. The van der Waals surface area contributed by atoms with Crippen LogP contribution in [0.4, 0.5) is 0 Å². The molecule has 0 N–H and O–H groups in total. The van der Waals surface area contributed by atoms with Gasteiger partial charge in [0.2, 0.25) is 0 Å². The first-order chi connectivity index (χ1) is 14.6. The van der Waals surface area contributed by atoms with E-state index in [-0.39, 0.29) is 5.91 Å². The molecule has 1 aliphatic heterocycles. The van der Waals surface area contributed by atoms with E-state index in [2.05, 4.69) is 17.0 Å². The van der Waals surface area contributed by atoms with Crippen LogP contribution < -0.4 is 4.74 Å². The van der Waals surface area contributed by atoms with Crippen LogP contribution in [0.1, 0.15) is 41.6 Å². The van der Waals surface area contributed by atoms with Crippen LogP contribution in [0, 0.1) is 5.92 Å². The summed E-state index contributed by atoms with van der Waals surface area (Å²) < 4.78 is 16.1. The maximum Gasteiger partial charge on any atom is 0.289 e. The fraction of sp³-hybridized carbons (Fsp3) is 0.542. The zero-order valence-electron chi connectivity index (χ0n) is 18.4. The second kappa shape index (κ2) is 11.2. The molecule has 0 saturated carbocycles. The van der Waals surface area contributed by atoms with Crippen molar-refractivity contribution in [3.63, 3.8) is 0 Å². The zero-order valence-corrected chi connectivity index (χ0v) is 18.4. The van der Waals surface area contributed by atoms with E-state index in [1.165, 1.54) is 12.0 Å². The lowest BCUT2D eigenvalue weighted by Gasteiger charge is -2.35. The van der Waals surface area contributed by atoms with Crippen LogP contribution in [0.2, 0.25) is 0 Å². The van der Waals surface area contributed by atoms with Gasteiger partial charge in [0.05, 0.1) is 7.11 Å². The number of furan rings is 1. The number of methoxy groups -OCH3 is 2. The van der Waals surface area contributed by atoms with Gasteiger partial charge in [-0.25, -0.2) is 0 Å². The summed E-state index contributed by atoms with van der Waals surface area (Å²) in [5.41, 5.74) is 1.30. The Morgan fingerprint density at radius 2 is 2.13 bits per heavy atom. The van der Waals surface area contributed by atoms with Crippen LogP contribution in [0.15, 0.2) is 40.8 Å². The van der Waals surface area contributed by atoms with Gasteiger partial charge >= 0.3 is 0 Å². The Kier molecular flexibility index (Phi) is 8.34. The van der Waals surface area contributed by atoms with Gasteiger partial charge in [0.15, 0.2) is 5.76 Å². The molecule has 1 saturated heterocycles. The molecule has 0 radical (unpaired) electrons. The number of nitrogens with zero attached hydrogens (tertiary/aromatic N) is 2. The summed E-state index contributed by atoms with van der Waals surface area (Å²) in [5, 5.41) is 0. The Hall–Kier alpha value is -2.31. The van der Waals surface area contributed by atoms with Crippen LogP contribution in [0.5, 0.6) is 5.75 Å². The van der Waals surface area contributed by atoms with Crippen LogP contribution in [0.25, 0.3) is 0 Å². The minimum Gasteiger partial charge on any atom is -0.497 e. The number of ether oxygens (including phenoxy) is 2. The van der Waals surface area contributed by atoms with E-state index >= 15 is 0 Å². The number of carbonyl (C=O) groups is 1. The molecular weight excluding hydrogens is 380 g/mol. The number of hydrogen-bond donors (Lipinski definition) is 0. The predicted octanol–water partition coefficient (Wildman–Crippen LogP) is 3.85. The molecule has 1 aliphatic rings. The van der Waals surface area contributed by atoms with Gasteiger partial charge in [-0.1, -0.05) is 12.1 Å². The molecule has 0 unspecified atom stereocenters. The molecule has 1 amide bonds. The van der Waals surface area contributed by atoms with E-state index in [1.807, 2.05) is 30.0 Å². The first kappa shape index (κ1) is 22.4. The molecule has 6 heteroatoms. The van der Waals surface area contributed by atoms with Crippen molar-refractivity contribution in [3.05, 3.63) is 53.5 Å². The minimum atomic E-state index is -0.0339. The molecule has 0 bridgehead atoms. The number of piperidine rings is 1. The average molecular weight is 415 g/mol. The van der Waals surface area contributed by atoms with E-state index in [0.717, 1.165) is 44.8 Å². The Morgan fingerprint density at radius 1 is 1.27 bits per heavy atom. The summed E-state index contributed by atoms with van der Waals surface area (Å²) >= 11 is 0. The smallest absolute Gasteiger partial charge is 0.289 e. The Balaban J connectivity index is 1.52. The first-order valence-electron chi connectivity index (χ1n) is 10.8. The second-order valence-corrected chi connectivity index (χ2v) is 7.95. The SMILES string of the molecule is CCN(C[C@@H]1CCCN(CCc2cccc(OC)c2)C1)C(=O)c1ccc(COC)o1. The van der Waals surface area contributed by atoms with Crippen molar-refractivity contribution < 1.29 is 18.7 Å². The Labute approximate surface area is 179 Å². The number of hydrogen-bond acceptors (Lipinski definition) is 5. The lowest BCUT2D eigenvalue weighted by atomic mass is 9.96. The Morgan fingerprint density at radius 3 is 2.90 bits per heavy atom. The average Bonchev–Trinajstić information content (AvgIpc) is 3.25. The third-order valence-electron chi connectivity index (χ3n) is 5.76. The van der Waals surface area contributed by atoms with Crippen molar-refractivity contribution in [1.82, 2.24) is 9.80 Å². The summed E-state index contributed by atoms with van der Waals surface area (Å²) in [6, 6.07) is 11.9. The van der Waals surface area contributed by atoms with Gasteiger partial charge in [-0.3, -0.25) is 4.79 Å². The number of rotatable bonds is 10. The zero-order chi connectivity index (χ0) is 21.3. The second-order valence-electron chi connectivity index (χ2n) is 7.95. The van der Waals surface area contributed by atoms with Gasteiger partial charge in [0, 0.05) is 33.3 Å². The molecule has 1 atom stereocenters. The van der Waals surface area contributed by atoms with Crippen LogP contribution in [-0.2, 0) is 17.8 Å². The number of amides is 1. The largest absolute Gasteiger partial charge is 0.497 e. The first-order valence-corrected chi connectivity index (χ1v) is 10.8. The summed E-state index contributed by atoms with van der Waals surface area (Å²) in [7, 11) is 3.32. The fourth-order valence-corrected chi connectivity index (χ4v) is 4.15. The van der Waals surface area contributed by atoms with E-state index in [1.54, 1.807) is 20.3 Å². The maximum atomic E-state index is 12.9. The van der Waals surface area contributed by atoms with Crippen molar-refractivity contribution in [3.8, 4) is 5.75 Å². The number of carbonyl (C=O) groups excluding carboxylic acids is 1. The van der Waals surface area contributed by atoms with Gasteiger partial charge in [-0.15, -0.1) is 0 Å². The van der Waals surface area contributed by atoms with Crippen LogP contribution in [0.3, 0.4) is 0 Å². The standard InChI is InChI=1S/C24H34N2O4/c1-4-26(24(27)23-11-10-22(30-23)18-28-2)17-20-8-6-13-25(16-20)14-12-19-7-5-9-21(15-19)29-3/h5,7,9-11,15,20H,4,6,8,12-14,16-18H2,1-3H3/t20-/m1/s1. The maximum absolute atomic E-state index is 12.9. The van der Waals surface area contributed by atoms with E-state index < -0.39 is 0 Å². The monoisotopic (exact) mass is 414 g/mol. The van der Waals surface area contributed by atoms with Gasteiger partial charge < -0.3 is 23.7 Å². The molecule has 6 nitrogen and oxygen atoms in total. The van der Waals surface area contributed by atoms with Crippen molar-refractivity contribution >= 4 is 5.91 Å². The topological polar surface area (TPSA) is 55.2 Å². The molecule has 1 aromatic heterocycles. The van der Waals surface area contributed by atoms with Crippen LogP contribution >= 0.6 is 0 Å². The van der Waals surface area contributed by atoms with Crippen molar-refractivity contribution in [1.29, 1.82) is 0 Å². The summed E-state index contributed by atoms with van der Waals surface area (Å²) in [4.78, 5) is 17.3. The highest BCUT2D eigenvalue weighted by Gasteiger charge is 2.25. The lowest BCUT2D eigenvalue weighted by Crippen LogP contribution is -2.43. The summed E-state index contributed by atoms with van der Waals surface area (Å²) in [5.74, 6) is 2.44. The molecule has 0 aliphatic carbocycles. The predicted molar refractivity (Wildman–Crippen MR) is 117 cm³/mol. The van der Waals surface area contributed by atoms with E-state index in [4.69, 9.17) is 13.9 Å². The van der Waals surface area contributed by atoms with E-state index in [9.17, 15) is 4.79 Å². The molecule has 2 heterocycles. The molecule has 164 valence electrons. The highest BCUT2D eigenvalue weighted by atomic mass is 16.5. The highest BCUT2D eigenvalue weighted by Crippen LogP contribution is 2.21. The van der Waals surface area contributed by atoms with Crippen LogP contribution in [-0.4, -0.2) is 62.7 Å². The molecule has 30 heavy (non-hydrogen) atoms. The summed E-state index contributed by atoms with van der Waals surface area (Å²) in [6.07, 6.45) is 3.34. The molecule has 2 aromatic rings. The van der Waals surface area contributed by atoms with E-state index in [0.29, 0.717) is 30.6 Å². The molecule has 1 aromatic carbocycles. The third-order valence-corrected chi connectivity index (χ3v) is 5.76. The fourth-order valence-electron chi connectivity index (χ4n) is 4.15. The molecular formula is C24H34N2O4. The van der Waals surface area contributed by atoms with Crippen molar-refractivity contribution in [2.24, 2.45) is 5.92 Å². The lowest BCUT2D eigenvalue weighted by molar-refractivity contribution is 0.0653. The van der Waals surface area contributed by atoms with Crippen molar-refractivity contribution in [2.45, 2.75) is 32.8 Å². The minimum absolute atomic E-state index is 0.0339. The highest BCUT2D eigenvalue weighted by molar-refractivity contribution is 5.91. The normalized spacial score (nSPS) is 17.1. The molecule has 0 spiro atoms. The van der Waals surface area contributed by atoms with Crippen molar-refractivity contribution in [2.75, 3.05) is 46.9 Å². The van der Waals surface area contributed by atoms with Gasteiger partial charge in [-0.2, -0.15) is 0 Å². The van der Waals surface area contributed by atoms with Gasteiger partial charge in [-0.05, 0) is 68.5 Å². The van der Waals surface area contributed by atoms with Gasteiger partial charge in [0.25, 0.3) is 5.91 Å². The summed E-state index contributed by atoms with van der Waals surface area (Å²) in [6.45, 7) is 7.04. The molecule has 1 fully saturated rings. The quantitative estimate of drug-likeness (QED) is 0.591. The molecule has 3 rings (SSSR count). The Bertz CT molecular complexity index is 804.